The van der Waals surface area contributed by atoms with Crippen molar-refractivity contribution >= 4 is 147 Å². The van der Waals surface area contributed by atoms with E-state index >= 15 is 0 Å². The lowest BCUT2D eigenvalue weighted by Gasteiger charge is -2.25. The molecule has 3 aromatic carbocycles. The number of pyridine rings is 10. The van der Waals surface area contributed by atoms with Gasteiger partial charge in [-0.15, -0.1) is 0 Å². The van der Waals surface area contributed by atoms with Gasteiger partial charge in [0, 0.05) is 118 Å². The molecule has 15 aromatic rings. The first kappa shape index (κ1) is 93.8. The van der Waals surface area contributed by atoms with Crippen molar-refractivity contribution in [3.63, 3.8) is 0 Å². The SMILES string of the molecule is CCC1CCCN1c1cc2cc(NC(=O)C3CC3F)ncc2c(N)n1.CC[C@@H]1CCCN1c1cc2cc(NC(=O)[C@@H]3C[C@@H]3F)ncc2c(N)n1.CCc1ccccc1-c1cc2cc(CC(=O)c3cnn(C4CCNCC4)c3)ncc2c(N)n1.CCc1ccccc1-c1cc2cc(Nc3cnn(CCO)c3)ncc2c(N)n1.Cc1c(F)cccc1-c1cc2cc(NC(=O)[C@@H]3C[C@@H]3F)ncc2c(N)n1. The number of nitrogens with two attached hydrogens (primary N) is 5. The van der Waals surface area contributed by atoms with Crippen LogP contribution in [0.4, 0.5) is 87.2 Å². The molecule has 6 fully saturated rings. The minimum absolute atomic E-state index is 0.0145. The van der Waals surface area contributed by atoms with E-state index in [0.29, 0.717) is 123 Å². The van der Waals surface area contributed by atoms with E-state index in [9.17, 15) is 36.7 Å². The van der Waals surface area contributed by atoms with Crippen LogP contribution >= 0.6 is 0 Å². The fourth-order valence-corrected chi connectivity index (χ4v) is 17.9. The summed E-state index contributed by atoms with van der Waals surface area (Å²) in [5, 5.41) is 40.3. The van der Waals surface area contributed by atoms with Crippen molar-refractivity contribution < 1.29 is 41.8 Å². The number of fused-ring (bicyclic) bond motifs is 5. The average Bonchev–Trinajstić information content (AvgIpc) is 1.77. The first-order chi connectivity index (χ1) is 66.4. The number of Topliss-reactive ketones (excluding diaryl/α,β-unsaturated/α-hetero) is 1. The quantitative estimate of drug-likeness (QED) is 0.0209. The highest BCUT2D eigenvalue weighted by atomic mass is 19.1. The van der Waals surface area contributed by atoms with E-state index in [2.05, 4.69) is 148 Å². The molecule has 3 saturated carbocycles. The minimum atomic E-state index is -1.07. The summed E-state index contributed by atoms with van der Waals surface area (Å²) in [7, 11) is 0. The van der Waals surface area contributed by atoms with Crippen molar-refractivity contribution in [2.75, 3.05) is 92.5 Å². The molecule has 706 valence electrons. The summed E-state index contributed by atoms with van der Waals surface area (Å²) in [5.74, 6) is 2.63. The maximum atomic E-state index is 13.9. The Hall–Kier alpha value is -15.0. The summed E-state index contributed by atoms with van der Waals surface area (Å²) in [4.78, 5) is 97.4. The normalized spacial score (nSPS) is 18.6. The van der Waals surface area contributed by atoms with Crippen LogP contribution in [-0.2, 0) is 40.2 Å². The largest absolute Gasteiger partial charge is 0.394 e. The van der Waals surface area contributed by atoms with E-state index < -0.39 is 36.3 Å². The number of halogens is 4. The van der Waals surface area contributed by atoms with Crippen molar-refractivity contribution in [1.82, 2.24) is 74.7 Å². The minimum Gasteiger partial charge on any atom is -0.394 e. The Morgan fingerprint density at radius 1 is 0.474 bits per heavy atom. The van der Waals surface area contributed by atoms with Gasteiger partial charge in [0.1, 0.15) is 88.3 Å². The molecule has 12 aromatic heterocycles. The number of rotatable bonds is 23. The monoisotopic (exact) mass is 1850 g/mol. The predicted octanol–water partition coefficient (Wildman–Crippen LogP) is 16.8. The van der Waals surface area contributed by atoms with Gasteiger partial charge in [0.05, 0.1) is 84.1 Å². The lowest BCUT2D eigenvalue weighted by Crippen LogP contribution is -2.29. The van der Waals surface area contributed by atoms with E-state index in [-0.39, 0.29) is 54.6 Å². The number of aryl methyl sites for hydroxylation is 2. The molecule has 3 aliphatic carbocycles. The van der Waals surface area contributed by atoms with Gasteiger partial charge in [0.2, 0.25) is 17.7 Å². The summed E-state index contributed by atoms with van der Waals surface area (Å²) < 4.78 is 56.5. The van der Waals surface area contributed by atoms with Gasteiger partial charge in [-0.05, 0) is 214 Å². The lowest BCUT2D eigenvalue weighted by atomic mass is 10.00. The number of anilines is 12. The standard InChI is InChI=1S/C26H28N6O.C21H22N6O.C19H16F2N4O.2C18H22FN5O/c1-2-17-5-3-4-6-22(17)24-12-18-11-20(29-15-23(18)26(27)31-24)13-25(33)19-14-30-32(16-19)21-7-9-28-10-8-21;1-2-14-5-3-4-6-17(14)19-9-15-10-20(23-12-18(15)21(22)26-19)25-16-11-24-27(13-16)7-8-28;1-9-11(3-2-4-14(9)20)16-5-10-6-17(23-8-13(10)18(22)24-16)25-19(26)12-7-15(12)21;2*1-2-11-4-3-5-24(11)16-7-10-6-15(21-9-13(10)17(20)23-16)22-18(25)12-8-14(12)19/h3-6,11-12,14-16,21,28H,2,7-10,13H2,1H3,(H2,27,31);3-6,9-13,28H,2,7-8H2,1H3,(H2,22,26)(H,23,25);2-6,8,12,15H,7H2,1H3,(H2,22,24)(H,23,25,26);2*6-7,9,11-12,14H,2-5,8H2,1H3,(H2,20,23)(H,21,22,25)/t;;12-,15+;11-,12-,14+;/m..11./s1. The highest BCUT2D eigenvalue weighted by molar-refractivity contribution is 6.03. The van der Waals surface area contributed by atoms with Gasteiger partial charge in [-0.3, -0.25) is 33.5 Å². The number of benzene rings is 3. The smallest absolute Gasteiger partial charge is 0.231 e. The van der Waals surface area contributed by atoms with E-state index in [0.717, 1.165) is 160 Å². The van der Waals surface area contributed by atoms with Crippen LogP contribution in [0.3, 0.4) is 0 Å². The number of carbonyl (C=O) groups is 4. The van der Waals surface area contributed by atoms with Crippen LogP contribution < -0.4 is 65.1 Å². The molecule has 35 heteroatoms. The second kappa shape index (κ2) is 41.5. The molecular weight excluding hydrogens is 1750 g/mol. The second-order valence-electron chi connectivity index (χ2n) is 35.4. The number of hydrogen-bond acceptors (Lipinski definition) is 26. The van der Waals surface area contributed by atoms with Crippen molar-refractivity contribution in [1.29, 1.82) is 0 Å². The van der Waals surface area contributed by atoms with Crippen molar-refractivity contribution in [3.05, 3.63) is 217 Å². The van der Waals surface area contributed by atoms with Crippen molar-refractivity contribution in [2.24, 2.45) is 17.8 Å². The zero-order valence-electron chi connectivity index (χ0n) is 76.8. The molecule has 21 rings (SSSR count). The molecule has 15 heterocycles. The predicted molar refractivity (Wildman–Crippen MR) is 530 cm³/mol. The number of ketones is 1. The van der Waals surface area contributed by atoms with Gasteiger partial charge >= 0.3 is 0 Å². The van der Waals surface area contributed by atoms with E-state index in [1.54, 1.807) is 85.2 Å². The third kappa shape index (κ3) is 21.7. The van der Waals surface area contributed by atoms with Gasteiger partial charge in [-0.2, -0.15) is 10.2 Å². The van der Waals surface area contributed by atoms with E-state index in [1.807, 2.05) is 77.7 Å². The number of aliphatic hydroxyl groups is 1. The average molecular weight is 1860 g/mol. The number of nitrogens with zero attached hydrogens (tertiary/aromatic N) is 16. The van der Waals surface area contributed by atoms with Crippen molar-refractivity contribution in [2.45, 2.75) is 168 Å². The molecule has 3 unspecified atom stereocenters. The summed E-state index contributed by atoms with van der Waals surface area (Å²) in [5.41, 5.74) is 40.9. The number of alkyl halides is 3. The van der Waals surface area contributed by atoms with Crippen LogP contribution in [0.2, 0.25) is 0 Å². The Labute approximate surface area is 788 Å². The molecule has 3 saturated heterocycles. The van der Waals surface area contributed by atoms with Gasteiger partial charge in [-0.1, -0.05) is 88.4 Å². The Kier molecular flexibility index (Phi) is 28.4. The van der Waals surface area contributed by atoms with E-state index in [4.69, 9.17) is 33.8 Å². The van der Waals surface area contributed by atoms with Crippen LogP contribution in [0.15, 0.2) is 183 Å². The second-order valence-corrected chi connectivity index (χ2v) is 35.4. The zero-order chi connectivity index (χ0) is 95.8. The first-order valence-corrected chi connectivity index (χ1v) is 46.7. The number of aromatic nitrogens is 14. The number of carbonyl (C=O) groups excluding carboxylic acids is 4. The van der Waals surface area contributed by atoms with Crippen molar-refractivity contribution in [3.8, 4) is 33.8 Å². The summed E-state index contributed by atoms with van der Waals surface area (Å²) in [6, 6.07) is 41.5. The molecular formula is C102H110F4N26O5. The summed E-state index contributed by atoms with van der Waals surface area (Å²) in [6.07, 6.45) is 23.9. The molecule has 0 spiro atoms. The van der Waals surface area contributed by atoms with Gasteiger partial charge in [0.15, 0.2) is 5.78 Å². The van der Waals surface area contributed by atoms with Gasteiger partial charge in [0.25, 0.3) is 0 Å². The molecule has 0 bridgehead atoms. The molecule has 31 nitrogen and oxygen atoms in total. The fraction of sp³-hybridized carbons (Fsp3) is 0.333. The van der Waals surface area contributed by atoms with Crippen LogP contribution in [0.1, 0.15) is 137 Å². The Bertz CT molecular complexity index is 6880. The number of amides is 3. The molecule has 8 atom stereocenters. The number of nitrogens with one attached hydrogen (secondary N) is 5. The Morgan fingerprint density at radius 2 is 0.891 bits per heavy atom. The summed E-state index contributed by atoms with van der Waals surface area (Å²) >= 11 is 0. The third-order valence-electron chi connectivity index (χ3n) is 26.0. The third-order valence-corrected chi connectivity index (χ3v) is 26.0. The Balaban J connectivity index is 0.000000119. The number of aliphatic hydroxyl groups excluding tert-OH is 1. The zero-order valence-corrected chi connectivity index (χ0v) is 76.8. The maximum Gasteiger partial charge on any atom is 0.231 e. The molecule has 3 aliphatic heterocycles. The topological polar surface area (TPSA) is 450 Å². The van der Waals surface area contributed by atoms with Crippen LogP contribution in [0.25, 0.3) is 87.6 Å². The van der Waals surface area contributed by atoms with Crippen LogP contribution in [0, 0.1) is 30.5 Å². The molecule has 3 amide bonds. The Morgan fingerprint density at radius 3 is 1.34 bits per heavy atom. The number of piperidine rings is 1. The highest BCUT2D eigenvalue weighted by Crippen LogP contribution is 2.41. The fourth-order valence-electron chi connectivity index (χ4n) is 17.9. The highest BCUT2D eigenvalue weighted by Gasteiger charge is 2.46. The molecule has 0 radical (unpaired) electrons. The van der Waals surface area contributed by atoms with E-state index in [1.165, 1.54) is 36.2 Å². The van der Waals surface area contributed by atoms with Crippen LogP contribution in [-0.4, -0.2) is 161 Å². The number of nitrogen functional groups attached to an aromatic ring is 5. The first-order valence-electron chi connectivity index (χ1n) is 46.7. The molecule has 137 heavy (non-hydrogen) atoms. The lowest BCUT2D eigenvalue weighted by molar-refractivity contribution is -0.118. The van der Waals surface area contributed by atoms with Gasteiger partial charge < -0.3 is 70.2 Å². The summed E-state index contributed by atoms with van der Waals surface area (Å²) in [6.45, 7) is 14.7. The van der Waals surface area contributed by atoms with Gasteiger partial charge in [-0.25, -0.2) is 62.4 Å². The van der Waals surface area contributed by atoms with Crippen LogP contribution in [0.5, 0.6) is 0 Å². The number of hydrogen-bond donors (Lipinski definition) is 11. The molecule has 6 aliphatic rings. The maximum absolute atomic E-state index is 13.9. The molecule has 16 N–H and O–H groups in total.